The Hall–Kier alpha value is -4.58. The van der Waals surface area contributed by atoms with Crippen LogP contribution in [0.2, 0.25) is 0 Å². The van der Waals surface area contributed by atoms with E-state index < -0.39 is 25.6 Å². The van der Waals surface area contributed by atoms with E-state index in [0.29, 0.717) is 11.3 Å². The van der Waals surface area contributed by atoms with E-state index in [1.807, 2.05) is 0 Å². The van der Waals surface area contributed by atoms with Crippen molar-refractivity contribution in [1.82, 2.24) is 0 Å². The van der Waals surface area contributed by atoms with E-state index in [9.17, 15) is 28.6 Å². The SMILES string of the molecule is O=[N+]([O-])c1ccccc1/C=C/C=N/Nc1ccc(S(=O)(=O)Nc2ccccc2)cc1[N+](=O)[O-]. The highest BCUT2D eigenvalue weighted by molar-refractivity contribution is 7.92. The lowest BCUT2D eigenvalue weighted by atomic mass is 10.2. The summed E-state index contributed by atoms with van der Waals surface area (Å²) in [7, 11) is -4.04. The molecule has 0 heterocycles. The van der Waals surface area contributed by atoms with Gasteiger partial charge in [0.15, 0.2) is 0 Å². The van der Waals surface area contributed by atoms with Crippen LogP contribution in [0.3, 0.4) is 0 Å². The highest BCUT2D eigenvalue weighted by Crippen LogP contribution is 2.28. The van der Waals surface area contributed by atoms with E-state index in [2.05, 4.69) is 15.2 Å². The molecule has 0 aliphatic rings. The molecular weight excluding hydrogens is 450 g/mol. The Morgan fingerprint density at radius 3 is 2.21 bits per heavy atom. The second kappa shape index (κ2) is 10.2. The number of sulfonamides is 1. The number of para-hydroxylation sites is 2. The molecule has 2 N–H and O–H groups in total. The molecule has 33 heavy (non-hydrogen) atoms. The molecular formula is C21H17N5O6S. The average Bonchev–Trinajstić information content (AvgIpc) is 2.79. The molecule has 168 valence electrons. The van der Waals surface area contributed by atoms with Gasteiger partial charge in [-0.05, 0) is 42.5 Å². The standard InChI is InChI=1S/C21H17N5O6S/c27-25(28)20-11-5-4-7-16(20)8-6-14-22-23-19-13-12-18(15-21(19)26(29)30)33(31,32)24-17-9-2-1-3-10-17/h1-15,23-24H/b8-6+,22-14+. The Morgan fingerprint density at radius 1 is 0.848 bits per heavy atom. The number of hydrogen-bond acceptors (Lipinski definition) is 8. The maximum absolute atomic E-state index is 12.6. The molecule has 0 aliphatic heterocycles. The van der Waals surface area contributed by atoms with Gasteiger partial charge in [-0.3, -0.25) is 30.4 Å². The van der Waals surface area contributed by atoms with Crippen molar-refractivity contribution < 1.29 is 18.3 Å². The van der Waals surface area contributed by atoms with Crippen molar-refractivity contribution in [1.29, 1.82) is 0 Å². The van der Waals surface area contributed by atoms with E-state index in [0.717, 1.165) is 6.07 Å². The van der Waals surface area contributed by atoms with Crippen LogP contribution in [0.5, 0.6) is 0 Å². The summed E-state index contributed by atoms with van der Waals surface area (Å²) in [6.45, 7) is 0. The number of allylic oxidation sites excluding steroid dienone is 1. The van der Waals surface area contributed by atoms with Crippen LogP contribution in [-0.2, 0) is 10.0 Å². The Kier molecular flexibility index (Phi) is 7.10. The van der Waals surface area contributed by atoms with Gasteiger partial charge in [-0.1, -0.05) is 30.3 Å². The monoisotopic (exact) mass is 467 g/mol. The highest BCUT2D eigenvalue weighted by Gasteiger charge is 2.21. The van der Waals surface area contributed by atoms with Gasteiger partial charge in [0.1, 0.15) is 5.69 Å². The van der Waals surface area contributed by atoms with Gasteiger partial charge in [-0.2, -0.15) is 5.10 Å². The Labute approximate surface area is 188 Å². The zero-order valence-electron chi connectivity index (χ0n) is 16.9. The van der Waals surface area contributed by atoms with Gasteiger partial charge in [0.05, 0.1) is 20.3 Å². The summed E-state index contributed by atoms with van der Waals surface area (Å²) in [6.07, 6.45) is 4.13. The molecule has 0 aliphatic carbocycles. The van der Waals surface area contributed by atoms with Gasteiger partial charge >= 0.3 is 0 Å². The smallest absolute Gasteiger partial charge is 0.280 e. The quantitative estimate of drug-likeness (QED) is 0.268. The summed E-state index contributed by atoms with van der Waals surface area (Å²) in [5, 5.41) is 26.3. The van der Waals surface area contributed by atoms with Crippen LogP contribution < -0.4 is 10.1 Å². The molecule has 12 heteroatoms. The number of benzene rings is 3. The fourth-order valence-electron chi connectivity index (χ4n) is 2.74. The van der Waals surface area contributed by atoms with Gasteiger partial charge in [0, 0.05) is 24.0 Å². The minimum Gasteiger partial charge on any atom is -0.280 e. The zero-order valence-corrected chi connectivity index (χ0v) is 17.7. The Morgan fingerprint density at radius 2 is 1.52 bits per heavy atom. The summed E-state index contributed by atoms with van der Waals surface area (Å²) in [5.41, 5.74) is 2.55. The second-order valence-electron chi connectivity index (χ2n) is 6.47. The summed E-state index contributed by atoms with van der Waals surface area (Å²) < 4.78 is 27.5. The topological polar surface area (TPSA) is 157 Å². The van der Waals surface area contributed by atoms with Gasteiger partial charge in [0.2, 0.25) is 0 Å². The largest absolute Gasteiger partial charge is 0.295 e. The van der Waals surface area contributed by atoms with Crippen LogP contribution in [0.15, 0.2) is 88.9 Å². The van der Waals surface area contributed by atoms with Crippen LogP contribution in [-0.4, -0.2) is 24.5 Å². The van der Waals surface area contributed by atoms with E-state index in [1.54, 1.807) is 48.5 Å². The number of anilines is 2. The molecule has 0 unspecified atom stereocenters. The number of nitro groups is 2. The Bertz CT molecular complexity index is 1340. The first kappa shape index (κ1) is 23.1. The molecule has 0 saturated carbocycles. The van der Waals surface area contributed by atoms with Crippen molar-refractivity contribution in [3.05, 3.63) is 105 Å². The number of hydrogen-bond donors (Lipinski definition) is 2. The maximum atomic E-state index is 12.6. The molecule has 0 radical (unpaired) electrons. The van der Waals surface area contributed by atoms with E-state index in [1.165, 1.54) is 36.6 Å². The summed E-state index contributed by atoms with van der Waals surface area (Å²) >= 11 is 0. The number of hydrazone groups is 1. The van der Waals surface area contributed by atoms with E-state index in [4.69, 9.17) is 0 Å². The predicted molar refractivity (Wildman–Crippen MR) is 125 cm³/mol. The number of nitro benzene ring substituents is 2. The van der Waals surface area contributed by atoms with E-state index >= 15 is 0 Å². The van der Waals surface area contributed by atoms with Crippen LogP contribution in [0, 0.1) is 20.2 Å². The molecule has 0 saturated heterocycles. The highest BCUT2D eigenvalue weighted by atomic mass is 32.2. The minimum absolute atomic E-state index is 0.0333. The third kappa shape index (κ3) is 5.98. The van der Waals surface area contributed by atoms with Crippen LogP contribution in [0.4, 0.5) is 22.7 Å². The summed E-state index contributed by atoms with van der Waals surface area (Å²) in [4.78, 5) is 20.9. The minimum atomic E-state index is -4.04. The molecule has 0 spiro atoms. The summed E-state index contributed by atoms with van der Waals surface area (Å²) in [6, 6.07) is 17.6. The lowest BCUT2D eigenvalue weighted by Gasteiger charge is -2.09. The van der Waals surface area contributed by atoms with Crippen molar-refractivity contribution in [2.75, 3.05) is 10.1 Å². The molecule has 0 bridgehead atoms. The molecule has 3 aromatic rings. The third-order valence-corrected chi connectivity index (χ3v) is 5.64. The molecule has 0 amide bonds. The lowest BCUT2D eigenvalue weighted by molar-refractivity contribution is -0.385. The van der Waals surface area contributed by atoms with Crippen molar-refractivity contribution in [2.45, 2.75) is 4.90 Å². The summed E-state index contributed by atoms with van der Waals surface area (Å²) in [5.74, 6) is 0. The van der Waals surface area contributed by atoms with Crippen molar-refractivity contribution in [2.24, 2.45) is 5.10 Å². The van der Waals surface area contributed by atoms with Crippen LogP contribution in [0.25, 0.3) is 6.08 Å². The molecule has 0 atom stereocenters. The number of nitrogens with one attached hydrogen (secondary N) is 2. The number of rotatable bonds is 9. The normalized spacial score (nSPS) is 11.5. The first-order chi connectivity index (χ1) is 15.8. The first-order valence-electron chi connectivity index (χ1n) is 9.33. The van der Waals surface area contributed by atoms with Gasteiger partial charge in [0.25, 0.3) is 21.4 Å². The second-order valence-corrected chi connectivity index (χ2v) is 8.16. The first-order valence-corrected chi connectivity index (χ1v) is 10.8. The fraction of sp³-hybridized carbons (Fsp3) is 0. The van der Waals surface area contributed by atoms with Crippen molar-refractivity contribution >= 4 is 45.1 Å². The Balaban J connectivity index is 1.76. The van der Waals surface area contributed by atoms with Crippen molar-refractivity contribution in [3.63, 3.8) is 0 Å². The van der Waals surface area contributed by atoms with E-state index in [-0.39, 0.29) is 16.3 Å². The fourth-order valence-corrected chi connectivity index (χ4v) is 3.81. The lowest BCUT2D eigenvalue weighted by Crippen LogP contribution is -2.13. The molecule has 11 nitrogen and oxygen atoms in total. The van der Waals surface area contributed by atoms with Crippen LogP contribution in [0.1, 0.15) is 5.56 Å². The maximum Gasteiger partial charge on any atom is 0.295 e. The van der Waals surface area contributed by atoms with Gasteiger partial charge < -0.3 is 0 Å². The molecule has 3 aromatic carbocycles. The molecule has 0 aromatic heterocycles. The molecule has 0 fully saturated rings. The van der Waals surface area contributed by atoms with Gasteiger partial charge in [-0.15, -0.1) is 0 Å². The number of nitrogens with zero attached hydrogens (tertiary/aromatic N) is 3. The average molecular weight is 467 g/mol. The van der Waals surface area contributed by atoms with Crippen LogP contribution >= 0.6 is 0 Å². The predicted octanol–water partition coefficient (Wildman–Crippen LogP) is 4.41. The molecule has 3 rings (SSSR count). The third-order valence-electron chi connectivity index (χ3n) is 4.26. The van der Waals surface area contributed by atoms with Gasteiger partial charge in [-0.25, -0.2) is 8.42 Å². The van der Waals surface area contributed by atoms with Crippen molar-refractivity contribution in [3.8, 4) is 0 Å². The zero-order chi connectivity index (χ0) is 23.8.